The lowest BCUT2D eigenvalue weighted by molar-refractivity contribution is 0.102. The Morgan fingerprint density at radius 3 is 2.82 bits per heavy atom. The molecule has 6 heteroatoms. The van der Waals surface area contributed by atoms with E-state index in [4.69, 9.17) is 4.74 Å². The van der Waals surface area contributed by atoms with E-state index in [0.29, 0.717) is 12.4 Å². The molecule has 0 saturated heterocycles. The molecule has 2 aromatic rings. The van der Waals surface area contributed by atoms with Crippen LogP contribution in [0.4, 0.5) is 0 Å². The molecule has 0 aliphatic heterocycles. The van der Waals surface area contributed by atoms with Crippen LogP contribution < -0.4 is 0 Å². The van der Waals surface area contributed by atoms with Gasteiger partial charge in [-0.3, -0.25) is 4.79 Å². The highest BCUT2D eigenvalue weighted by molar-refractivity contribution is 9.10. The third-order valence-corrected chi connectivity index (χ3v) is 4.86. The molecular weight excluding hydrogens is 364 g/mol. The van der Waals surface area contributed by atoms with E-state index in [0.717, 1.165) is 33.0 Å². The fourth-order valence-corrected chi connectivity index (χ4v) is 3.24. The summed E-state index contributed by atoms with van der Waals surface area (Å²) in [5, 5.41) is 0.852. The van der Waals surface area contributed by atoms with E-state index in [9.17, 15) is 4.79 Å². The maximum absolute atomic E-state index is 12.4. The first-order valence-corrected chi connectivity index (χ1v) is 8.74. The van der Waals surface area contributed by atoms with E-state index in [1.807, 2.05) is 32.0 Å². The fourth-order valence-electron chi connectivity index (χ4n) is 2.27. The Balaban J connectivity index is 2.04. The van der Waals surface area contributed by atoms with Crippen molar-refractivity contribution in [2.75, 3.05) is 19.5 Å². The van der Waals surface area contributed by atoms with Gasteiger partial charge in [-0.15, -0.1) is 0 Å². The molecule has 0 atom stereocenters. The van der Waals surface area contributed by atoms with Crippen molar-refractivity contribution in [1.82, 2.24) is 9.55 Å². The van der Waals surface area contributed by atoms with Crippen molar-refractivity contribution in [1.29, 1.82) is 0 Å². The van der Waals surface area contributed by atoms with Gasteiger partial charge in [0.2, 0.25) is 0 Å². The number of hydrogen-bond acceptors (Lipinski definition) is 4. The van der Waals surface area contributed by atoms with Gasteiger partial charge < -0.3 is 9.30 Å². The highest BCUT2D eigenvalue weighted by atomic mass is 79.9. The number of carbonyl (C=O) groups is 1. The van der Waals surface area contributed by atoms with Crippen LogP contribution in [-0.2, 0) is 11.3 Å². The van der Waals surface area contributed by atoms with Crippen LogP contribution in [0.25, 0.3) is 0 Å². The first-order chi connectivity index (χ1) is 10.5. The van der Waals surface area contributed by atoms with Gasteiger partial charge in [-0.2, -0.15) is 0 Å². The lowest BCUT2D eigenvalue weighted by atomic mass is 10.2. The van der Waals surface area contributed by atoms with E-state index >= 15 is 0 Å². The number of thioether (sulfide) groups is 1. The number of aryl methyl sites for hydroxylation is 1. The molecule has 0 N–H and O–H groups in total. The Morgan fingerprint density at radius 2 is 2.18 bits per heavy atom. The zero-order valence-electron chi connectivity index (χ0n) is 12.9. The summed E-state index contributed by atoms with van der Waals surface area (Å²) in [6.45, 7) is 5.41. The number of hydrogen-bond donors (Lipinski definition) is 0. The number of ketones is 1. The van der Waals surface area contributed by atoms with E-state index in [1.54, 1.807) is 13.3 Å². The number of carbonyl (C=O) groups excluding carboxylic acids is 1. The summed E-state index contributed by atoms with van der Waals surface area (Å²) >= 11 is 4.81. The summed E-state index contributed by atoms with van der Waals surface area (Å²) in [5.74, 6) is 0.523. The largest absolute Gasteiger partial charge is 0.383 e. The summed E-state index contributed by atoms with van der Waals surface area (Å²) in [5.41, 5.74) is 2.88. The molecule has 0 bridgehead atoms. The van der Waals surface area contributed by atoms with Crippen LogP contribution >= 0.6 is 27.7 Å². The SMILES string of the molecule is COCCn1c(C)cc(C(=O)CSc2ccc(Br)cn2)c1C. The molecule has 0 saturated carbocycles. The molecule has 22 heavy (non-hydrogen) atoms. The van der Waals surface area contributed by atoms with Gasteiger partial charge in [0.1, 0.15) is 0 Å². The number of nitrogens with zero attached hydrogens (tertiary/aromatic N) is 2. The molecule has 4 nitrogen and oxygen atoms in total. The lowest BCUT2D eigenvalue weighted by Crippen LogP contribution is -2.09. The maximum Gasteiger partial charge on any atom is 0.174 e. The first-order valence-electron chi connectivity index (χ1n) is 6.96. The van der Waals surface area contributed by atoms with Crippen molar-refractivity contribution in [3.05, 3.63) is 45.8 Å². The number of halogens is 1. The van der Waals surface area contributed by atoms with Crippen molar-refractivity contribution < 1.29 is 9.53 Å². The summed E-state index contributed by atoms with van der Waals surface area (Å²) in [4.78, 5) is 16.7. The molecule has 2 aromatic heterocycles. The number of aromatic nitrogens is 2. The minimum Gasteiger partial charge on any atom is -0.383 e. The van der Waals surface area contributed by atoms with E-state index in [2.05, 4.69) is 25.5 Å². The van der Waals surface area contributed by atoms with Crippen LogP contribution in [-0.4, -0.2) is 34.8 Å². The molecule has 0 radical (unpaired) electrons. The summed E-state index contributed by atoms with van der Waals surface area (Å²) < 4.78 is 8.18. The van der Waals surface area contributed by atoms with Gasteiger partial charge in [0, 0.05) is 41.3 Å². The number of pyridine rings is 1. The van der Waals surface area contributed by atoms with Crippen molar-refractivity contribution in [2.45, 2.75) is 25.4 Å². The molecule has 0 aromatic carbocycles. The summed E-state index contributed by atoms with van der Waals surface area (Å²) in [6.07, 6.45) is 1.74. The highest BCUT2D eigenvalue weighted by Gasteiger charge is 2.16. The average Bonchev–Trinajstić information content (AvgIpc) is 2.79. The second-order valence-electron chi connectivity index (χ2n) is 4.96. The quantitative estimate of drug-likeness (QED) is 0.538. The Bertz CT molecular complexity index is 653. The number of methoxy groups -OCH3 is 1. The molecule has 0 unspecified atom stereocenters. The topological polar surface area (TPSA) is 44.1 Å². The van der Waals surface area contributed by atoms with Gasteiger partial charge in [0.15, 0.2) is 5.78 Å². The predicted octanol–water partition coefficient (Wildman–Crippen LogP) is 3.88. The van der Waals surface area contributed by atoms with Gasteiger partial charge in [-0.05, 0) is 48.0 Å². The molecule has 0 fully saturated rings. The van der Waals surface area contributed by atoms with Gasteiger partial charge in [0.25, 0.3) is 0 Å². The second-order valence-corrected chi connectivity index (χ2v) is 6.87. The number of ether oxygens (including phenoxy) is 1. The normalized spacial score (nSPS) is 10.9. The van der Waals surface area contributed by atoms with Gasteiger partial charge in [-0.1, -0.05) is 11.8 Å². The molecule has 0 aliphatic rings. The van der Waals surface area contributed by atoms with Crippen LogP contribution in [0.1, 0.15) is 21.7 Å². The molecule has 0 aliphatic carbocycles. The number of Topliss-reactive ketones (excluding diaryl/α,β-unsaturated/α-hetero) is 1. The van der Waals surface area contributed by atoms with Crippen molar-refractivity contribution in [2.24, 2.45) is 0 Å². The van der Waals surface area contributed by atoms with Gasteiger partial charge in [0.05, 0.1) is 17.4 Å². The van der Waals surface area contributed by atoms with E-state index in [-0.39, 0.29) is 5.78 Å². The van der Waals surface area contributed by atoms with Gasteiger partial charge >= 0.3 is 0 Å². The smallest absolute Gasteiger partial charge is 0.174 e. The van der Waals surface area contributed by atoms with Crippen LogP contribution in [0, 0.1) is 13.8 Å². The fraction of sp³-hybridized carbons (Fsp3) is 0.375. The van der Waals surface area contributed by atoms with Crippen LogP contribution in [0.3, 0.4) is 0 Å². The third kappa shape index (κ3) is 4.21. The molecule has 0 spiro atoms. The monoisotopic (exact) mass is 382 g/mol. The van der Waals surface area contributed by atoms with Crippen LogP contribution in [0.2, 0.25) is 0 Å². The highest BCUT2D eigenvalue weighted by Crippen LogP contribution is 2.21. The molecule has 0 amide bonds. The van der Waals surface area contributed by atoms with E-state index in [1.165, 1.54) is 11.8 Å². The summed E-state index contributed by atoms with van der Waals surface area (Å²) in [6, 6.07) is 5.79. The third-order valence-electron chi connectivity index (χ3n) is 3.44. The first kappa shape index (κ1) is 17.2. The lowest BCUT2D eigenvalue weighted by Gasteiger charge is -2.08. The Hall–Kier alpha value is -1.11. The zero-order chi connectivity index (χ0) is 16.1. The minimum atomic E-state index is 0.131. The number of rotatable bonds is 7. The Kier molecular flexibility index (Phi) is 6.23. The zero-order valence-corrected chi connectivity index (χ0v) is 15.3. The average molecular weight is 383 g/mol. The minimum absolute atomic E-state index is 0.131. The molecule has 2 rings (SSSR count). The predicted molar refractivity (Wildman–Crippen MR) is 92.8 cm³/mol. The van der Waals surface area contributed by atoms with Crippen LogP contribution in [0.5, 0.6) is 0 Å². The standard InChI is InChI=1S/C16H19BrN2O2S/c1-11-8-14(12(2)19(11)6-7-21-3)15(20)10-22-16-5-4-13(17)9-18-16/h4-5,8-9H,6-7,10H2,1-3H3. The van der Waals surface area contributed by atoms with Crippen molar-refractivity contribution >= 4 is 33.5 Å². The van der Waals surface area contributed by atoms with Gasteiger partial charge in [-0.25, -0.2) is 4.98 Å². The Labute approximate surface area is 143 Å². The van der Waals surface area contributed by atoms with Crippen molar-refractivity contribution in [3.63, 3.8) is 0 Å². The molecule has 2 heterocycles. The second kappa shape index (κ2) is 7.94. The van der Waals surface area contributed by atoms with E-state index < -0.39 is 0 Å². The summed E-state index contributed by atoms with van der Waals surface area (Å²) in [7, 11) is 1.68. The van der Waals surface area contributed by atoms with Crippen LogP contribution in [0.15, 0.2) is 33.9 Å². The van der Waals surface area contributed by atoms with Crippen molar-refractivity contribution in [3.8, 4) is 0 Å². The molecular formula is C16H19BrN2O2S. The Morgan fingerprint density at radius 1 is 1.41 bits per heavy atom. The molecule has 118 valence electrons. The maximum atomic E-state index is 12.4.